The fourth-order valence-corrected chi connectivity index (χ4v) is 5.50. The predicted octanol–water partition coefficient (Wildman–Crippen LogP) is 3.91. The van der Waals surface area contributed by atoms with Crippen LogP contribution in [0.25, 0.3) is 10.8 Å². The smallest absolute Gasteiger partial charge is 0.220 e. The number of rotatable bonds is 8. The molecule has 0 aliphatic carbocycles. The highest BCUT2D eigenvalue weighted by Crippen LogP contribution is 2.27. The standard InChI is InChI=1S/C27H39N3O2/c1-21(2)19-29-13-12-26(30-14-16-32-17-15-30)24(20-29)10-11-27(31)28-18-23-8-5-7-22-6-3-4-9-25(22)23/h3-9,21,24,26H,10-20H2,1-2H3,(H,28,31)/t24-,26+/m1/s1. The van der Waals surface area contributed by atoms with Crippen molar-refractivity contribution < 1.29 is 9.53 Å². The van der Waals surface area contributed by atoms with E-state index in [1.165, 1.54) is 29.3 Å². The van der Waals surface area contributed by atoms with Crippen LogP contribution in [0.2, 0.25) is 0 Å². The fraction of sp³-hybridized carbons (Fsp3) is 0.593. The van der Waals surface area contributed by atoms with Crippen LogP contribution in [0.1, 0.15) is 38.7 Å². The van der Waals surface area contributed by atoms with Gasteiger partial charge in [0.25, 0.3) is 0 Å². The summed E-state index contributed by atoms with van der Waals surface area (Å²) in [5.41, 5.74) is 1.18. The summed E-state index contributed by atoms with van der Waals surface area (Å²) < 4.78 is 5.59. The summed E-state index contributed by atoms with van der Waals surface area (Å²) in [5, 5.41) is 5.63. The average Bonchev–Trinajstić information content (AvgIpc) is 2.81. The molecule has 2 atom stereocenters. The van der Waals surface area contributed by atoms with E-state index in [0.717, 1.165) is 45.8 Å². The third kappa shape index (κ3) is 6.09. The molecule has 5 nitrogen and oxygen atoms in total. The van der Waals surface area contributed by atoms with E-state index in [0.29, 0.717) is 30.8 Å². The Kier molecular flexibility index (Phi) is 8.17. The molecule has 0 bridgehead atoms. The topological polar surface area (TPSA) is 44.8 Å². The minimum absolute atomic E-state index is 0.166. The molecule has 0 spiro atoms. The van der Waals surface area contributed by atoms with Crippen molar-refractivity contribution in [3.8, 4) is 0 Å². The summed E-state index contributed by atoms with van der Waals surface area (Å²) in [5.74, 6) is 1.39. The van der Waals surface area contributed by atoms with Gasteiger partial charge in [0.05, 0.1) is 13.2 Å². The van der Waals surface area contributed by atoms with Crippen molar-refractivity contribution in [3.05, 3.63) is 48.0 Å². The van der Waals surface area contributed by atoms with Crippen LogP contribution < -0.4 is 5.32 Å². The van der Waals surface area contributed by atoms with E-state index in [-0.39, 0.29) is 5.91 Å². The number of carbonyl (C=O) groups excluding carboxylic acids is 1. The van der Waals surface area contributed by atoms with Crippen molar-refractivity contribution in [2.75, 3.05) is 45.9 Å². The average molecular weight is 438 g/mol. The van der Waals surface area contributed by atoms with Gasteiger partial charge in [0.2, 0.25) is 5.91 Å². The molecule has 5 heteroatoms. The Hall–Kier alpha value is -1.95. The van der Waals surface area contributed by atoms with Crippen LogP contribution in [0, 0.1) is 11.8 Å². The first-order valence-electron chi connectivity index (χ1n) is 12.4. The van der Waals surface area contributed by atoms with E-state index in [1.54, 1.807) is 0 Å². The molecule has 1 N–H and O–H groups in total. The second kappa shape index (κ2) is 11.3. The zero-order chi connectivity index (χ0) is 22.3. The maximum Gasteiger partial charge on any atom is 0.220 e. The minimum atomic E-state index is 0.166. The van der Waals surface area contributed by atoms with Crippen LogP contribution in [0.5, 0.6) is 0 Å². The number of benzene rings is 2. The summed E-state index contributed by atoms with van der Waals surface area (Å²) in [4.78, 5) is 18.0. The molecule has 2 heterocycles. The van der Waals surface area contributed by atoms with Gasteiger partial charge in [-0.15, -0.1) is 0 Å². The lowest BCUT2D eigenvalue weighted by molar-refractivity contribution is -0.121. The Morgan fingerprint density at radius 2 is 1.88 bits per heavy atom. The predicted molar refractivity (Wildman–Crippen MR) is 131 cm³/mol. The maximum absolute atomic E-state index is 12.8. The lowest BCUT2D eigenvalue weighted by Gasteiger charge is -2.45. The van der Waals surface area contributed by atoms with Crippen molar-refractivity contribution in [3.63, 3.8) is 0 Å². The monoisotopic (exact) mass is 437 g/mol. The van der Waals surface area contributed by atoms with E-state index in [1.807, 2.05) is 0 Å². The minimum Gasteiger partial charge on any atom is -0.379 e. The number of hydrogen-bond acceptors (Lipinski definition) is 4. The number of hydrogen-bond donors (Lipinski definition) is 1. The highest BCUT2D eigenvalue weighted by Gasteiger charge is 2.34. The molecule has 2 aliphatic heterocycles. The largest absolute Gasteiger partial charge is 0.379 e. The van der Waals surface area contributed by atoms with Crippen molar-refractivity contribution in [1.29, 1.82) is 0 Å². The van der Waals surface area contributed by atoms with Gasteiger partial charge < -0.3 is 15.0 Å². The second-order valence-corrected chi connectivity index (χ2v) is 9.87. The Labute approximate surface area is 193 Å². The van der Waals surface area contributed by atoms with Gasteiger partial charge in [-0.25, -0.2) is 0 Å². The SMILES string of the molecule is CC(C)CN1CC[C@H](N2CCOCC2)[C@H](CCC(=O)NCc2cccc3ccccc23)C1. The molecule has 1 amide bonds. The lowest BCUT2D eigenvalue weighted by atomic mass is 9.86. The van der Waals surface area contributed by atoms with E-state index in [2.05, 4.69) is 71.4 Å². The summed E-state index contributed by atoms with van der Waals surface area (Å²) in [6.07, 6.45) is 2.76. The molecule has 2 fully saturated rings. The number of amides is 1. The van der Waals surface area contributed by atoms with Crippen LogP contribution >= 0.6 is 0 Å². The summed E-state index contributed by atoms with van der Waals surface area (Å²) in [6.45, 7) is 12.3. The van der Waals surface area contributed by atoms with Gasteiger partial charge in [0.1, 0.15) is 0 Å². The second-order valence-electron chi connectivity index (χ2n) is 9.87. The van der Waals surface area contributed by atoms with Gasteiger partial charge in [-0.3, -0.25) is 9.69 Å². The molecule has 4 rings (SSSR count). The third-order valence-electron chi connectivity index (χ3n) is 7.01. The number of piperidine rings is 1. The number of nitrogens with zero attached hydrogens (tertiary/aromatic N) is 2. The molecule has 0 aromatic heterocycles. The summed E-state index contributed by atoms with van der Waals surface area (Å²) >= 11 is 0. The van der Waals surface area contributed by atoms with E-state index >= 15 is 0 Å². The molecule has 2 saturated heterocycles. The molecule has 32 heavy (non-hydrogen) atoms. The van der Waals surface area contributed by atoms with E-state index in [4.69, 9.17) is 4.74 Å². The number of morpholine rings is 1. The van der Waals surface area contributed by atoms with Crippen LogP contribution in [-0.4, -0.2) is 67.7 Å². The summed E-state index contributed by atoms with van der Waals surface area (Å²) in [6, 6.07) is 15.3. The number of nitrogens with one attached hydrogen (secondary N) is 1. The first-order valence-corrected chi connectivity index (χ1v) is 12.4. The van der Waals surface area contributed by atoms with Crippen LogP contribution in [0.3, 0.4) is 0 Å². The molecule has 2 aromatic carbocycles. The molecular weight excluding hydrogens is 398 g/mol. The Balaban J connectivity index is 1.33. The van der Waals surface area contributed by atoms with Crippen molar-refractivity contribution in [2.45, 2.75) is 45.7 Å². The number of ether oxygens (including phenoxy) is 1. The van der Waals surface area contributed by atoms with Crippen LogP contribution in [0.15, 0.2) is 42.5 Å². The maximum atomic E-state index is 12.8. The zero-order valence-electron chi connectivity index (χ0n) is 19.8. The van der Waals surface area contributed by atoms with Crippen molar-refractivity contribution >= 4 is 16.7 Å². The molecule has 2 aromatic rings. The first-order chi connectivity index (χ1) is 15.6. The van der Waals surface area contributed by atoms with E-state index < -0.39 is 0 Å². The molecule has 174 valence electrons. The highest BCUT2D eigenvalue weighted by atomic mass is 16.5. The number of fused-ring (bicyclic) bond motifs is 1. The Morgan fingerprint density at radius 1 is 1.09 bits per heavy atom. The van der Waals surface area contributed by atoms with Crippen molar-refractivity contribution in [2.24, 2.45) is 11.8 Å². The molecule has 2 aliphatic rings. The van der Waals surface area contributed by atoms with Crippen LogP contribution in [-0.2, 0) is 16.1 Å². The normalized spacial score (nSPS) is 23.0. The van der Waals surface area contributed by atoms with Crippen molar-refractivity contribution in [1.82, 2.24) is 15.1 Å². The summed E-state index contributed by atoms with van der Waals surface area (Å²) in [7, 11) is 0. The quantitative estimate of drug-likeness (QED) is 0.680. The molecule has 0 saturated carbocycles. The zero-order valence-corrected chi connectivity index (χ0v) is 19.8. The number of likely N-dealkylation sites (tertiary alicyclic amines) is 1. The number of carbonyl (C=O) groups is 1. The Morgan fingerprint density at radius 3 is 2.69 bits per heavy atom. The van der Waals surface area contributed by atoms with Gasteiger partial charge >= 0.3 is 0 Å². The third-order valence-corrected chi connectivity index (χ3v) is 7.01. The highest BCUT2D eigenvalue weighted by molar-refractivity contribution is 5.86. The van der Waals surface area contributed by atoms with E-state index in [9.17, 15) is 4.79 Å². The fourth-order valence-electron chi connectivity index (χ4n) is 5.50. The van der Waals surface area contributed by atoms with Gasteiger partial charge in [0.15, 0.2) is 0 Å². The van der Waals surface area contributed by atoms with Gasteiger partial charge in [-0.05, 0) is 47.6 Å². The molecular formula is C27H39N3O2. The van der Waals surface area contributed by atoms with Gasteiger partial charge in [0, 0.05) is 45.2 Å². The molecule has 0 unspecified atom stereocenters. The molecule has 0 radical (unpaired) electrons. The lowest BCUT2D eigenvalue weighted by Crippen LogP contribution is -2.54. The van der Waals surface area contributed by atoms with Gasteiger partial charge in [-0.2, -0.15) is 0 Å². The van der Waals surface area contributed by atoms with Gasteiger partial charge in [-0.1, -0.05) is 56.3 Å². The first kappa shape index (κ1) is 23.2. The Bertz CT molecular complexity index is 873. The van der Waals surface area contributed by atoms with Crippen LogP contribution in [0.4, 0.5) is 0 Å².